The number of nitrogens with one attached hydrogen (secondary N) is 1. The van der Waals surface area contributed by atoms with Gasteiger partial charge in [-0.25, -0.2) is 0 Å². The highest BCUT2D eigenvalue weighted by Gasteiger charge is 2.21. The Labute approximate surface area is 107 Å². The van der Waals surface area contributed by atoms with Crippen molar-refractivity contribution in [3.63, 3.8) is 0 Å². The number of ether oxygens (including phenoxy) is 1. The smallest absolute Gasteiger partial charge is 0.264 e. The Balaban J connectivity index is 2.04. The molecule has 0 unspecified atom stereocenters. The van der Waals surface area contributed by atoms with E-state index in [4.69, 9.17) is 10.5 Å². The molecule has 18 heavy (non-hydrogen) atoms. The number of rotatable bonds is 5. The number of likely N-dealkylation sites (N-methyl/N-ethyl adjacent to an activating group) is 1. The van der Waals surface area contributed by atoms with Gasteiger partial charge in [-0.1, -0.05) is 6.07 Å². The van der Waals surface area contributed by atoms with Crippen molar-refractivity contribution in [2.45, 2.75) is 13.0 Å². The number of benzene rings is 1. The van der Waals surface area contributed by atoms with Gasteiger partial charge in [-0.3, -0.25) is 4.79 Å². The number of carbonyl (C=O) groups excluding carboxylic acids is 1. The lowest BCUT2D eigenvalue weighted by molar-refractivity contribution is -0.120. The van der Waals surface area contributed by atoms with Crippen molar-refractivity contribution in [3.8, 4) is 5.75 Å². The van der Waals surface area contributed by atoms with Gasteiger partial charge in [0, 0.05) is 13.6 Å². The second-order valence-corrected chi connectivity index (χ2v) is 4.36. The van der Waals surface area contributed by atoms with Crippen molar-refractivity contribution in [3.05, 3.63) is 23.8 Å². The van der Waals surface area contributed by atoms with E-state index in [0.717, 1.165) is 36.5 Å². The molecule has 1 aromatic rings. The average molecular weight is 249 g/mol. The highest BCUT2D eigenvalue weighted by atomic mass is 16.5. The molecule has 5 nitrogen and oxygen atoms in total. The third kappa shape index (κ3) is 2.80. The van der Waals surface area contributed by atoms with E-state index in [1.165, 1.54) is 0 Å². The number of hydrogen-bond acceptors (Lipinski definition) is 4. The maximum Gasteiger partial charge on any atom is 0.264 e. The number of nitrogens with two attached hydrogens (primary N) is 1. The summed E-state index contributed by atoms with van der Waals surface area (Å²) >= 11 is 0. The molecule has 0 saturated carbocycles. The Bertz CT molecular complexity index is 434. The summed E-state index contributed by atoms with van der Waals surface area (Å²) in [6, 6.07) is 5.91. The van der Waals surface area contributed by atoms with E-state index >= 15 is 0 Å². The van der Waals surface area contributed by atoms with Crippen LogP contribution in [0.5, 0.6) is 5.75 Å². The molecule has 98 valence electrons. The summed E-state index contributed by atoms with van der Waals surface area (Å²) in [5, 5.41) is 3.31. The lowest BCUT2D eigenvalue weighted by atomic mass is 10.1. The quantitative estimate of drug-likeness (QED) is 0.745. The van der Waals surface area contributed by atoms with Gasteiger partial charge in [0.15, 0.2) is 6.61 Å². The average Bonchev–Trinajstić information content (AvgIpc) is 2.39. The summed E-state index contributed by atoms with van der Waals surface area (Å²) in [7, 11) is 1.77. The summed E-state index contributed by atoms with van der Waals surface area (Å²) in [6.45, 7) is 2.49. The normalized spacial score (nSPS) is 14.3. The van der Waals surface area contributed by atoms with Gasteiger partial charge in [0.25, 0.3) is 5.91 Å². The van der Waals surface area contributed by atoms with Crippen molar-refractivity contribution >= 4 is 11.6 Å². The third-order valence-corrected chi connectivity index (χ3v) is 3.00. The van der Waals surface area contributed by atoms with Crippen LogP contribution < -0.4 is 20.7 Å². The van der Waals surface area contributed by atoms with E-state index in [0.29, 0.717) is 6.54 Å². The molecule has 0 radical (unpaired) electrons. The summed E-state index contributed by atoms with van der Waals surface area (Å²) in [5.74, 6) is 0.749. The zero-order valence-electron chi connectivity index (χ0n) is 10.6. The fourth-order valence-corrected chi connectivity index (χ4v) is 1.89. The van der Waals surface area contributed by atoms with E-state index in [1.807, 2.05) is 18.2 Å². The Morgan fingerprint density at radius 3 is 3.11 bits per heavy atom. The maximum atomic E-state index is 11.5. The highest BCUT2D eigenvalue weighted by Crippen LogP contribution is 2.31. The van der Waals surface area contributed by atoms with E-state index in [9.17, 15) is 4.79 Å². The first-order valence-electron chi connectivity index (χ1n) is 6.15. The molecule has 1 heterocycles. The van der Waals surface area contributed by atoms with E-state index in [-0.39, 0.29) is 12.5 Å². The van der Waals surface area contributed by atoms with Crippen molar-refractivity contribution in [2.75, 3.05) is 31.6 Å². The molecule has 0 bridgehead atoms. The summed E-state index contributed by atoms with van der Waals surface area (Å²) in [4.78, 5) is 13.2. The molecular formula is C13H19N3O2. The van der Waals surface area contributed by atoms with Crippen molar-refractivity contribution in [1.82, 2.24) is 5.32 Å². The van der Waals surface area contributed by atoms with Crippen LogP contribution in [-0.2, 0) is 11.3 Å². The fraction of sp³-hybridized carbons (Fsp3) is 0.462. The molecule has 2 rings (SSSR count). The monoisotopic (exact) mass is 249 g/mol. The number of amides is 1. The van der Waals surface area contributed by atoms with E-state index in [2.05, 4.69) is 5.32 Å². The number of nitrogens with zero attached hydrogens (tertiary/aromatic N) is 1. The SMILES string of the molecule is CN1C(=O)COc2ccc(CNCCCN)cc21. The molecule has 5 heteroatoms. The van der Waals surface area contributed by atoms with Crippen LogP contribution in [0.15, 0.2) is 18.2 Å². The molecule has 3 N–H and O–H groups in total. The summed E-state index contributed by atoms with van der Waals surface area (Å²) in [6.07, 6.45) is 0.965. The van der Waals surface area contributed by atoms with Crippen LogP contribution in [0.3, 0.4) is 0 Å². The minimum atomic E-state index is -0.0178. The second kappa shape index (κ2) is 5.84. The molecule has 0 fully saturated rings. The van der Waals surface area contributed by atoms with Crippen LogP contribution in [-0.4, -0.2) is 32.7 Å². The number of hydrogen-bond donors (Lipinski definition) is 2. The van der Waals surface area contributed by atoms with Gasteiger partial charge in [-0.15, -0.1) is 0 Å². The zero-order valence-corrected chi connectivity index (χ0v) is 10.6. The van der Waals surface area contributed by atoms with Crippen LogP contribution >= 0.6 is 0 Å². The van der Waals surface area contributed by atoms with Crippen molar-refractivity contribution in [1.29, 1.82) is 0 Å². The highest BCUT2D eigenvalue weighted by molar-refractivity contribution is 5.97. The van der Waals surface area contributed by atoms with Crippen LogP contribution in [0, 0.1) is 0 Å². The predicted octanol–water partition coefficient (Wildman–Crippen LogP) is 0.480. The molecule has 0 atom stereocenters. The topological polar surface area (TPSA) is 67.6 Å². The van der Waals surface area contributed by atoms with Crippen LogP contribution in [0.4, 0.5) is 5.69 Å². The largest absolute Gasteiger partial charge is 0.482 e. The van der Waals surface area contributed by atoms with Crippen molar-refractivity contribution in [2.24, 2.45) is 5.73 Å². The van der Waals surface area contributed by atoms with Gasteiger partial charge in [0.2, 0.25) is 0 Å². The fourth-order valence-electron chi connectivity index (χ4n) is 1.89. The number of fused-ring (bicyclic) bond motifs is 1. The molecule has 0 aliphatic carbocycles. The van der Waals surface area contributed by atoms with Gasteiger partial charge in [0.1, 0.15) is 5.75 Å². The van der Waals surface area contributed by atoms with E-state index < -0.39 is 0 Å². The van der Waals surface area contributed by atoms with Gasteiger partial charge in [-0.05, 0) is 37.2 Å². The first-order chi connectivity index (χ1) is 8.72. The molecule has 1 aliphatic heterocycles. The molecular weight excluding hydrogens is 230 g/mol. The first-order valence-corrected chi connectivity index (χ1v) is 6.15. The molecule has 1 amide bonds. The first kappa shape index (κ1) is 12.9. The Morgan fingerprint density at radius 1 is 1.50 bits per heavy atom. The minimum Gasteiger partial charge on any atom is -0.482 e. The summed E-state index contributed by atoms with van der Waals surface area (Å²) in [5.41, 5.74) is 7.40. The Hall–Kier alpha value is -1.59. The maximum absolute atomic E-state index is 11.5. The molecule has 0 saturated heterocycles. The van der Waals surface area contributed by atoms with Crippen LogP contribution in [0.25, 0.3) is 0 Å². The van der Waals surface area contributed by atoms with E-state index in [1.54, 1.807) is 11.9 Å². The predicted molar refractivity (Wildman–Crippen MR) is 70.7 cm³/mol. The minimum absolute atomic E-state index is 0.0178. The summed E-state index contributed by atoms with van der Waals surface area (Å²) < 4.78 is 5.38. The second-order valence-electron chi connectivity index (χ2n) is 4.36. The van der Waals surface area contributed by atoms with Gasteiger partial charge in [-0.2, -0.15) is 0 Å². The lowest BCUT2D eigenvalue weighted by Gasteiger charge is -2.26. The van der Waals surface area contributed by atoms with Crippen molar-refractivity contribution < 1.29 is 9.53 Å². The van der Waals surface area contributed by atoms with Crippen LogP contribution in [0.1, 0.15) is 12.0 Å². The standard InChI is InChI=1S/C13H19N3O2/c1-16-11-7-10(8-15-6-2-5-14)3-4-12(11)18-9-13(16)17/h3-4,7,15H,2,5-6,8-9,14H2,1H3. The van der Waals surface area contributed by atoms with Gasteiger partial charge in [0.05, 0.1) is 5.69 Å². The molecule has 0 aromatic heterocycles. The number of carbonyl (C=O) groups is 1. The Kier molecular flexibility index (Phi) is 4.17. The molecule has 0 spiro atoms. The zero-order chi connectivity index (χ0) is 13.0. The van der Waals surface area contributed by atoms with Gasteiger partial charge >= 0.3 is 0 Å². The Morgan fingerprint density at radius 2 is 2.33 bits per heavy atom. The molecule has 1 aromatic carbocycles. The third-order valence-electron chi connectivity index (χ3n) is 3.00. The molecule has 1 aliphatic rings. The lowest BCUT2D eigenvalue weighted by Crippen LogP contribution is -2.35. The van der Waals surface area contributed by atoms with Crippen LogP contribution in [0.2, 0.25) is 0 Å². The van der Waals surface area contributed by atoms with Gasteiger partial charge < -0.3 is 20.7 Å². The number of anilines is 1.